The number of benzene rings is 1. The van der Waals surface area contributed by atoms with Crippen molar-refractivity contribution in [2.24, 2.45) is 4.99 Å². The van der Waals surface area contributed by atoms with Crippen molar-refractivity contribution in [3.63, 3.8) is 0 Å². The van der Waals surface area contributed by atoms with Gasteiger partial charge >= 0.3 is 0 Å². The Bertz CT molecular complexity index is 399. The summed E-state index contributed by atoms with van der Waals surface area (Å²) in [4.78, 5) is 4.53. The molecule has 1 saturated carbocycles. The zero-order valence-corrected chi connectivity index (χ0v) is 14.5. The second kappa shape index (κ2) is 9.05. The summed E-state index contributed by atoms with van der Waals surface area (Å²) in [6.45, 7) is 5.48. The fraction of sp³-hybridized carbons (Fsp3) is 0.533. The third-order valence-corrected chi connectivity index (χ3v) is 2.72. The average Bonchev–Trinajstić information content (AvgIpc) is 3.19. The van der Waals surface area contributed by atoms with Gasteiger partial charge in [0.1, 0.15) is 12.4 Å². The lowest BCUT2D eigenvalue weighted by Crippen LogP contribution is -2.42. The minimum Gasteiger partial charge on any atom is -0.492 e. The lowest BCUT2D eigenvalue weighted by Gasteiger charge is -2.14. The molecule has 0 bridgehead atoms. The number of hydrogen-bond donors (Lipinski definition) is 2. The number of guanidine groups is 1. The zero-order valence-electron chi connectivity index (χ0n) is 12.1. The van der Waals surface area contributed by atoms with Crippen LogP contribution in [0.25, 0.3) is 0 Å². The van der Waals surface area contributed by atoms with Crippen LogP contribution in [0.5, 0.6) is 5.75 Å². The lowest BCUT2D eigenvalue weighted by molar-refractivity contribution is 0.328. The Morgan fingerprint density at radius 2 is 2.00 bits per heavy atom. The SMILES string of the molecule is CC(C)NC(=NCCOc1ccccc1)NC1CC1.I. The van der Waals surface area contributed by atoms with Gasteiger partial charge in [0.25, 0.3) is 0 Å². The minimum atomic E-state index is 0. The molecule has 1 fully saturated rings. The fourth-order valence-electron chi connectivity index (χ4n) is 1.67. The molecule has 0 aliphatic heterocycles. The molecular weight excluding hydrogens is 365 g/mol. The van der Waals surface area contributed by atoms with Gasteiger partial charge in [0.2, 0.25) is 0 Å². The van der Waals surface area contributed by atoms with Gasteiger partial charge in [0.05, 0.1) is 6.54 Å². The first-order valence-corrected chi connectivity index (χ1v) is 6.99. The Morgan fingerprint density at radius 3 is 2.60 bits per heavy atom. The first-order chi connectivity index (χ1) is 9.24. The maximum absolute atomic E-state index is 5.62. The second-order valence-corrected chi connectivity index (χ2v) is 5.11. The van der Waals surface area contributed by atoms with Crippen LogP contribution in [0, 0.1) is 0 Å². The van der Waals surface area contributed by atoms with Crippen molar-refractivity contribution in [2.75, 3.05) is 13.2 Å². The van der Waals surface area contributed by atoms with E-state index in [0.29, 0.717) is 25.2 Å². The molecule has 0 unspecified atom stereocenters. The number of nitrogens with one attached hydrogen (secondary N) is 2. The molecule has 0 aromatic heterocycles. The third-order valence-electron chi connectivity index (χ3n) is 2.72. The zero-order chi connectivity index (χ0) is 13.5. The summed E-state index contributed by atoms with van der Waals surface area (Å²) in [5.74, 6) is 1.79. The van der Waals surface area contributed by atoms with Crippen molar-refractivity contribution >= 4 is 29.9 Å². The quantitative estimate of drug-likeness (QED) is 0.341. The Hall–Kier alpha value is -0.980. The van der Waals surface area contributed by atoms with Crippen LogP contribution < -0.4 is 15.4 Å². The molecule has 0 saturated heterocycles. The maximum Gasteiger partial charge on any atom is 0.191 e. The van der Waals surface area contributed by atoms with Crippen LogP contribution in [0.2, 0.25) is 0 Å². The highest BCUT2D eigenvalue weighted by molar-refractivity contribution is 14.0. The predicted molar refractivity (Wildman–Crippen MR) is 94.1 cm³/mol. The Balaban J connectivity index is 0.00000200. The van der Waals surface area contributed by atoms with Crippen molar-refractivity contribution in [1.82, 2.24) is 10.6 Å². The molecule has 0 atom stereocenters. The fourth-order valence-corrected chi connectivity index (χ4v) is 1.67. The van der Waals surface area contributed by atoms with Gasteiger partial charge in [-0.2, -0.15) is 0 Å². The number of nitrogens with zero attached hydrogens (tertiary/aromatic N) is 1. The van der Waals surface area contributed by atoms with Crippen molar-refractivity contribution in [1.29, 1.82) is 0 Å². The molecule has 0 spiro atoms. The summed E-state index contributed by atoms with van der Waals surface area (Å²) >= 11 is 0. The number of rotatable bonds is 6. The van der Waals surface area contributed by atoms with Crippen LogP contribution in [-0.2, 0) is 0 Å². The number of ether oxygens (including phenoxy) is 1. The second-order valence-electron chi connectivity index (χ2n) is 5.11. The lowest BCUT2D eigenvalue weighted by atomic mass is 10.3. The van der Waals surface area contributed by atoms with E-state index < -0.39 is 0 Å². The molecule has 1 aliphatic rings. The molecule has 0 radical (unpaired) electrons. The molecule has 4 nitrogen and oxygen atoms in total. The largest absolute Gasteiger partial charge is 0.492 e. The Labute approximate surface area is 138 Å². The van der Waals surface area contributed by atoms with E-state index in [0.717, 1.165) is 11.7 Å². The number of aliphatic imine (C=N–C) groups is 1. The van der Waals surface area contributed by atoms with Gasteiger partial charge in [-0.05, 0) is 38.8 Å². The molecule has 5 heteroatoms. The van der Waals surface area contributed by atoms with Gasteiger partial charge in [0, 0.05) is 12.1 Å². The van der Waals surface area contributed by atoms with Crippen LogP contribution in [0.1, 0.15) is 26.7 Å². The first-order valence-electron chi connectivity index (χ1n) is 6.99. The van der Waals surface area contributed by atoms with Gasteiger partial charge in [-0.3, -0.25) is 0 Å². The molecule has 20 heavy (non-hydrogen) atoms. The average molecular weight is 389 g/mol. The number of halogens is 1. The predicted octanol–water partition coefficient (Wildman–Crippen LogP) is 2.79. The van der Waals surface area contributed by atoms with Crippen molar-refractivity contribution in [3.05, 3.63) is 30.3 Å². The molecule has 0 heterocycles. The molecule has 2 rings (SSSR count). The van der Waals surface area contributed by atoms with Gasteiger partial charge in [0.15, 0.2) is 5.96 Å². The third kappa shape index (κ3) is 6.98. The van der Waals surface area contributed by atoms with Crippen molar-refractivity contribution in [2.45, 2.75) is 38.8 Å². The van der Waals surface area contributed by atoms with Gasteiger partial charge < -0.3 is 15.4 Å². The smallest absolute Gasteiger partial charge is 0.191 e. The molecule has 1 aromatic rings. The summed E-state index contributed by atoms with van der Waals surface area (Å²) < 4.78 is 5.62. The molecule has 1 aliphatic carbocycles. The minimum absolute atomic E-state index is 0. The monoisotopic (exact) mass is 389 g/mol. The first kappa shape index (κ1) is 17.1. The summed E-state index contributed by atoms with van der Waals surface area (Å²) in [7, 11) is 0. The summed E-state index contributed by atoms with van der Waals surface area (Å²) in [5, 5.41) is 6.74. The molecule has 2 N–H and O–H groups in total. The molecular formula is C15H24IN3O. The van der Waals surface area contributed by atoms with Gasteiger partial charge in [-0.15, -0.1) is 24.0 Å². The molecule has 1 aromatic carbocycles. The van der Waals surface area contributed by atoms with E-state index in [1.165, 1.54) is 12.8 Å². The van der Waals surface area contributed by atoms with Crippen LogP contribution in [0.4, 0.5) is 0 Å². The number of hydrogen-bond acceptors (Lipinski definition) is 2. The van der Waals surface area contributed by atoms with Crippen LogP contribution >= 0.6 is 24.0 Å². The van der Waals surface area contributed by atoms with Gasteiger partial charge in [-0.1, -0.05) is 18.2 Å². The van der Waals surface area contributed by atoms with E-state index in [-0.39, 0.29) is 24.0 Å². The topological polar surface area (TPSA) is 45.7 Å². The van der Waals surface area contributed by atoms with E-state index >= 15 is 0 Å². The standard InChI is InChI=1S/C15H23N3O.HI/c1-12(2)17-15(18-13-8-9-13)16-10-11-19-14-6-4-3-5-7-14;/h3-7,12-13H,8-11H2,1-2H3,(H2,16,17,18);1H. The number of para-hydroxylation sites is 1. The Morgan fingerprint density at radius 1 is 1.30 bits per heavy atom. The Kier molecular flexibility index (Phi) is 7.72. The van der Waals surface area contributed by atoms with Crippen LogP contribution in [-0.4, -0.2) is 31.2 Å². The van der Waals surface area contributed by atoms with E-state index in [1.54, 1.807) is 0 Å². The maximum atomic E-state index is 5.62. The van der Waals surface area contributed by atoms with E-state index in [9.17, 15) is 0 Å². The summed E-state index contributed by atoms with van der Waals surface area (Å²) in [6, 6.07) is 10.8. The highest BCUT2D eigenvalue weighted by Crippen LogP contribution is 2.18. The highest BCUT2D eigenvalue weighted by atomic mass is 127. The summed E-state index contributed by atoms with van der Waals surface area (Å²) in [5.41, 5.74) is 0. The van der Waals surface area contributed by atoms with E-state index in [1.807, 2.05) is 30.3 Å². The molecule has 0 amide bonds. The van der Waals surface area contributed by atoms with Crippen LogP contribution in [0.3, 0.4) is 0 Å². The highest BCUT2D eigenvalue weighted by Gasteiger charge is 2.22. The van der Waals surface area contributed by atoms with Crippen LogP contribution in [0.15, 0.2) is 35.3 Å². The normalized spacial score (nSPS) is 14.7. The molecule has 112 valence electrons. The van der Waals surface area contributed by atoms with Gasteiger partial charge in [-0.25, -0.2) is 4.99 Å². The summed E-state index contributed by atoms with van der Waals surface area (Å²) in [6.07, 6.45) is 2.50. The van der Waals surface area contributed by atoms with E-state index in [4.69, 9.17) is 4.74 Å². The van der Waals surface area contributed by atoms with E-state index in [2.05, 4.69) is 29.5 Å². The van der Waals surface area contributed by atoms with Crippen molar-refractivity contribution in [3.8, 4) is 5.75 Å². The van der Waals surface area contributed by atoms with Crippen molar-refractivity contribution < 1.29 is 4.74 Å².